The Balaban J connectivity index is 0. The Morgan fingerprint density at radius 1 is 1.21 bits per heavy atom. The number of nitrogens with one attached hydrogen (secondary N) is 2. The Kier molecular flexibility index (Phi) is 13.5. The molecule has 1 amide bonds. The zero-order valence-electron chi connectivity index (χ0n) is 6.99. The van der Waals surface area contributed by atoms with Crippen LogP contribution in [0.25, 0.3) is 0 Å². The van der Waals surface area contributed by atoms with Crippen LogP contribution in [0.3, 0.4) is 0 Å². The standard InChI is InChI=1S/C4H8N2S4.CH2ClNO/c7-3(8)5-1-2-6-4(9)10;2-1(3)4/h1-2H2,(H2,5,7,8)(H2,6,9,10);(H2,3,4). The van der Waals surface area contributed by atoms with E-state index in [1.54, 1.807) is 0 Å². The van der Waals surface area contributed by atoms with Crippen molar-refractivity contribution >= 4 is 75.3 Å². The molecule has 0 aromatic heterocycles. The predicted molar refractivity (Wildman–Crippen MR) is 74.6 cm³/mol. The largest absolute Gasteiger partial charge is 0.369 e. The molecule has 0 fully saturated rings. The molecule has 0 unspecified atom stereocenters. The monoisotopic (exact) mass is 291 g/mol. The van der Waals surface area contributed by atoms with Gasteiger partial charge in [0.1, 0.15) is 8.64 Å². The molecule has 82 valence electrons. The van der Waals surface area contributed by atoms with Crippen LogP contribution in [0.15, 0.2) is 0 Å². The van der Waals surface area contributed by atoms with Crippen molar-refractivity contribution in [3.8, 4) is 0 Å². The number of amides is 1. The first-order chi connectivity index (χ1) is 6.36. The molecule has 4 N–H and O–H groups in total. The maximum Gasteiger partial charge on any atom is 0.311 e. The fourth-order valence-electron chi connectivity index (χ4n) is 0.339. The lowest BCUT2D eigenvalue weighted by atomic mass is 10.6. The van der Waals surface area contributed by atoms with Gasteiger partial charge in [-0.1, -0.05) is 24.4 Å². The van der Waals surface area contributed by atoms with E-state index in [-0.39, 0.29) is 0 Å². The quantitative estimate of drug-likeness (QED) is 0.176. The Hall–Kier alpha value is 0.240. The van der Waals surface area contributed by atoms with Crippen LogP contribution in [0.4, 0.5) is 4.79 Å². The topological polar surface area (TPSA) is 67.2 Å². The number of carbonyl (C=O) groups excluding carboxylic acids is 1. The van der Waals surface area contributed by atoms with E-state index in [0.717, 1.165) is 0 Å². The van der Waals surface area contributed by atoms with Crippen LogP contribution in [0, 0.1) is 0 Å². The van der Waals surface area contributed by atoms with E-state index in [4.69, 9.17) is 4.79 Å². The molecule has 14 heavy (non-hydrogen) atoms. The second-order valence-corrected chi connectivity index (χ2v) is 4.46. The van der Waals surface area contributed by atoms with Crippen molar-refractivity contribution in [1.29, 1.82) is 0 Å². The zero-order chi connectivity index (χ0) is 11.6. The van der Waals surface area contributed by atoms with Crippen LogP contribution >= 0.6 is 61.3 Å². The Morgan fingerprint density at radius 2 is 1.43 bits per heavy atom. The van der Waals surface area contributed by atoms with E-state index in [9.17, 15) is 0 Å². The first-order valence-electron chi connectivity index (χ1n) is 3.24. The van der Waals surface area contributed by atoms with E-state index < -0.39 is 5.37 Å². The summed E-state index contributed by atoms with van der Waals surface area (Å²) in [6.07, 6.45) is 0. The molecule has 0 aliphatic heterocycles. The third-order valence-electron chi connectivity index (χ3n) is 0.677. The van der Waals surface area contributed by atoms with Crippen molar-refractivity contribution in [2.75, 3.05) is 13.1 Å². The van der Waals surface area contributed by atoms with Gasteiger partial charge in [0, 0.05) is 13.1 Å². The molecule has 0 heterocycles. The molecule has 4 nitrogen and oxygen atoms in total. The first-order valence-corrected chi connectivity index (χ1v) is 5.33. The second-order valence-electron chi connectivity index (χ2n) is 1.77. The van der Waals surface area contributed by atoms with Crippen molar-refractivity contribution in [2.45, 2.75) is 0 Å². The number of hydrogen-bond donors (Lipinski definition) is 5. The molecule has 0 rings (SSSR count). The van der Waals surface area contributed by atoms with E-state index >= 15 is 0 Å². The summed E-state index contributed by atoms with van der Waals surface area (Å²) in [4.78, 5) is 8.99. The first kappa shape index (κ1) is 16.7. The number of thiol groups is 2. The van der Waals surface area contributed by atoms with Crippen LogP contribution in [-0.4, -0.2) is 27.1 Å². The number of primary amides is 1. The summed E-state index contributed by atoms with van der Waals surface area (Å²) in [5, 5.41) is 4.82. The van der Waals surface area contributed by atoms with E-state index in [0.29, 0.717) is 21.7 Å². The highest BCUT2D eigenvalue weighted by Crippen LogP contribution is 1.77. The van der Waals surface area contributed by atoms with Crippen molar-refractivity contribution in [1.82, 2.24) is 10.6 Å². The third kappa shape index (κ3) is 29.5. The molecular formula is C5H10ClN3OS4. The maximum absolute atomic E-state index is 8.99. The fraction of sp³-hybridized carbons (Fsp3) is 0.400. The Bertz CT molecular complexity index is 193. The summed E-state index contributed by atoms with van der Waals surface area (Å²) >= 11 is 21.4. The number of thiocarbonyl (C=S) groups is 2. The molecule has 9 heteroatoms. The van der Waals surface area contributed by atoms with Crippen molar-refractivity contribution in [3.63, 3.8) is 0 Å². The SMILES string of the molecule is NC(=O)Cl.S=C(S)NCCNC(=S)S. The predicted octanol–water partition coefficient (Wildman–Crippen LogP) is 0.899. The van der Waals surface area contributed by atoms with Gasteiger partial charge in [0.25, 0.3) is 0 Å². The lowest BCUT2D eigenvalue weighted by Gasteiger charge is -2.03. The average Bonchev–Trinajstić information content (AvgIpc) is 1.96. The van der Waals surface area contributed by atoms with Gasteiger partial charge in [-0.05, 0) is 11.6 Å². The number of rotatable bonds is 3. The van der Waals surface area contributed by atoms with Gasteiger partial charge < -0.3 is 16.4 Å². The van der Waals surface area contributed by atoms with E-state index in [2.05, 4.69) is 77.7 Å². The average molecular weight is 292 g/mol. The summed E-state index contributed by atoms with van der Waals surface area (Å²) in [5.74, 6) is 0. The smallest absolute Gasteiger partial charge is 0.311 e. The second kappa shape index (κ2) is 11.3. The van der Waals surface area contributed by atoms with Gasteiger partial charge in [-0.15, -0.1) is 25.3 Å². The zero-order valence-corrected chi connectivity index (χ0v) is 11.2. The molecule has 0 aliphatic carbocycles. The molecule has 0 aromatic rings. The van der Waals surface area contributed by atoms with Gasteiger partial charge in [0.2, 0.25) is 0 Å². The Morgan fingerprint density at radius 3 is 1.57 bits per heavy atom. The van der Waals surface area contributed by atoms with Gasteiger partial charge in [-0.3, -0.25) is 4.79 Å². The number of nitrogens with two attached hydrogens (primary N) is 1. The molecule has 0 bridgehead atoms. The Labute approximate surface area is 109 Å². The summed E-state index contributed by atoms with van der Waals surface area (Å²) in [6, 6.07) is 0. The lowest BCUT2D eigenvalue weighted by Crippen LogP contribution is -2.29. The van der Waals surface area contributed by atoms with Crippen LogP contribution < -0.4 is 16.4 Å². The molecule has 0 aliphatic rings. The molecular weight excluding hydrogens is 282 g/mol. The fourth-order valence-corrected chi connectivity index (χ4v) is 0.767. The highest BCUT2D eigenvalue weighted by atomic mass is 35.5. The molecule has 0 radical (unpaired) electrons. The highest BCUT2D eigenvalue weighted by Gasteiger charge is 1.87. The van der Waals surface area contributed by atoms with Gasteiger partial charge in [0.05, 0.1) is 0 Å². The van der Waals surface area contributed by atoms with Crippen LogP contribution in [0.1, 0.15) is 0 Å². The number of halogens is 1. The minimum Gasteiger partial charge on any atom is -0.369 e. The van der Waals surface area contributed by atoms with Gasteiger partial charge >= 0.3 is 5.37 Å². The molecule has 0 spiro atoms. The molecule has 0 atom stereocenters. The van der Waals surface area contributed by atoms with E-state index in [1.165, 1.54) is 0 Å². The van der Waals surface area contributed by atoms with Crippen LogP contribution in [0.5, 0.6) is 0 Å². The van der Waals surface area contributed by atoms with Gasteiger partial charge in [-0.25, -0.2) is 0 Å². The lowest BCUT2D eigenvalue weighted by molar-refractivity contribution is 0.266. The molecule has 0 saturated heterocycles. The highest BCUT2D eigenvalue weighted by molar-refractivity contribution is 8.11. The third-order valence-corrected chi connectivity index (χ3v) is 1.28. The van der Waals surface area contributed by atoms with E-state index in [1.807, 2.05) is 0 Å². The van der Waals surface area contributed by atoms with Crippen LogP contribution in [0.2, 0.25) is 0 Å². The minimum absolute atomic E-state index is 0.492. The summed E-state index contributed by atoms with van der Waals surface area (Å²) < 4.78 is 0.985. The van der Waals surface area contributed by atoms with Crippen LogP contribution in [-0.2, 0) is 0 Å². The number of hydrogen-bond acceptors (Lipinski definition) is 3. The number of carbonyl (C=O) groups is 1. The van der Waals surface area contributed by atoms with Crippen molar-refractivity contribution in [3.05, 3.63) is 0 Å². The normalized spacial score (nSPS) is 7.93. The molecule has 0 aromatic carbocycles. The molecule has 0 saturated carbocycles. The van der Waals surface area contributed by atoms with Gasteiger partial charge in [0.15, 0.2) is 0 Å². The minimum atomic E-state index is -0.861. The van der Waals surface area contributed by atoms with Crippen molar-refractivity contribution < 1.29 is 4.79 Å². The summed E-state index contributed by atoms with van der Waals surface area (Å²) in [5.41, 5.74) is 4.24. The van der Waals surface area contributed by atoms with Gasteiger partial charge in [-0.2, -0.15) is 0 Å². The summed E-state index contributed by atoms with van der Waals surface area (Å²) in [6.45, 7) is 1.42. The maximum atomic E-state index is 8.99. The summed E-state index contributed by atoms with van der Waals surface area (Å²) in [7, 11) is 0. The van der Waals surface area contributed by atoms with Crippen molar-refractivity contribution in [2.24, 2.45) is 5.73 Å².